The van der Waals surface area contributed by atoms with Crippen LogP contribution in [0, 0.1) is 39.4 Å². The van der Waals surface area contributed by atoms with Gasteiger partial charge in [-0.3, -0.25) is 0 Å². The van der Waals surface area contributed by atoms with Crippen molar-refractivity contribution in [2.45, 2.75) is 129 Å². The minimum Gasteiger partial charge on any atom is -0.396 e. The molecule has 0 spiro atoms. The highest BCUT2D eigenvalue weighted by Crippen LogP contribution is 2.74. The zero-order valence-corrected chi connectivity index (χ0v) is 23.1. The molecule has 11 unspecified atom stereocenters. The van der Waals surface area contributed by atoms with Gasteiger partial charge < -0.3 is 25.2 Å². The fourth-order valence-corrected chi connectivity index (χ4v) is 10.5. The maximum atomic E-state index is 11.0. The van der Waals surface area contributed by atoms with E-state index < -0.39 is 23.2 Å². The number of allylic oxidation sites excluding steroid dienone is 1. The minimum atomic E-state index is -0.876. The third-order valence-electron chi connectivity index (χ3n) is 12.8. The van der Waals surface area contributed by atoms with Gasteiger partial charge in [-0.1, -0.05) is 39.3 Å². The van der Waals surface area contributed by atoms with Gasteiger partial charge in [0.15, 0.2) is 0 Å². The first-order chi connectivity index (χ1) is 16.1. The standard InChI is InChI=1S/C30H50O5/c1-25(2,34)23-12-15-30(7,35-23)19-10-13-28(5)18(19)8-9-22-26(3)16-20(32)24(33)27(4,17-31)21(26)11-14-29(22,28)6/h8,19-24,31-34H,9-17H2,1-7H3. The number of hydrogen-bond donors (Lipinski definition) is 4. The molecule has 0 bridgehead atoms. The molecular formula is C30H50O5. The van der Waals surface area contributed by atoms with Crippen LogP contribution >= 0.6 is 0 Å². The maximum absolute atomic E-state index is 11.0. The van der Waals surface area contributed by atoms with E-state index in [2.05, 4.69) is 33.8 Å². The van der Waals surface area contributed by atoms with Crippen LogP contribution in [-0.2, 0) is 4.74 Å². The Hall–Kier alpha value is -0.460. The first-order valence-corrected chi connectivity index (χ1v) is 14.1. The molecule has 1 aliphatic heterocycles. The predicted octanol–water partition coefficient (Wildman–Crippen LogP) is 4.60. The SMILES string of the molecule is CC(C)(O)C1CCC(C)(C2CCC3(C)C2=CCC2C4(C)CC(O)C(O)C(C)(CO)C4CCC23C)O1. The van der Waals surface area contributed by atoms with Crippen molar-refractivity contribution in [3.63, 3.8) is 0 Å². The number of fused-ring (bicyclic) bond motifs is 5. The molecule has 200 valence electrons. The van der Waals surface area contributed by atoms with Crippen LogP contribution in [0.15, 0.2) is 11.6 Å². The molecule has 0 aromatic rings. The summed E-state index contributed by atoms with van der Waals surface area (Å²) < 4.78 is 6.65. The Morgan fingerprint density at radius 2 is 1.66 bits per heavy atom. The fourth-order valence-electron chi connectivity index (χ4n) is 10.5. The molecule has 3 saturated carbocycles. The highest BCUT2D eigenvalue weighted by atomic mass is 16.5. The van der Waals surface area contributed by atoms with Crippen LogP contribution in [0.2, 0.25) is 0 Å². The Labute approximate surface area is 212 Å². The Morgan fingerprint density at radius 1 is 0.971 bits per heavy atom. The number of aliphatic hydroxyl groups excluding tert-OH is 3. The second kappa shape index (κ2) is 7.79. The summed E-state index contributed by atoms with van der Waals surface area (Å²) in [7, 11) is 0. The summed E-state index contributed by atoms with van der Waals surface area (Å²) in [5.41, 5.74) is -0.126. The fraction of sp³-hybridized carbons (Fsp3) is 0.933. The number of ether oxygens (including phenoxy) is 1. The lowest BCUT2D eigenvalue weighted by Gasteiger charge is -2.69. The largest absolute Gasteiger partial charge is 0.396 e. The average Bonchev–Trinajstić information content (AvgIpc) is 3.34. The summed E-state index contributed by atoms with van der Waals surface area (Å²) in [6.07, 6.45) is 8.54. The molecule has 5 aliphatic rings. The molecule has 1 heterocycles. The Morgan fingerprint density at radius 3 is 2.26 bits per heavy atom. The predicted molar refractivity (Wildman–Crippen MR) is 137 cm³/mol. The second-order valence-corrected chi connectivity index (χ2v) is 14.9. The zero-order valence-electron chi connectivity index (χ0n) is 23.1. The van der Waals surface area contributed by atoms with Crippen LogP contribution < -0.4 is 0 Å². The third kappa shape index (κ3) is 3.30. The van der Waals surface area contributed by atoms with Crippen LogP contribution in [0.4, 0.5) is 0 Å². The van der Waals surface area contributed by atoms with Crippen molar-refractivity contribution in [3.05, 3.63) is 11.6 Å². The third-order valence-corrected chi connectivity index (χ3v) is 12.8. The van der Waals surface area contributed by atoms with Crippen molar-refractivity contribution < 1.29 is 25.2 Å². The molecule has 0 radical (unpaired) electrons. The molecule has 5 heteroatoms. The van der Waals surface area contributed by atoms with Gasteiger partial charge in [-0.05, 0) is 100 Å². The molecule has 5 rings (SSSR count). The zero-order chi connectivity index (χ0) is 25.8. The number of aliphatic hydroxyl groups is 4. The summed E-state index contributed by atoms with van der Waals surface area (Å²) in [5.74, 6) is 0.968. The van der Waals surface area contributed by atoms with Gasteiger partial charge in [0.1, 0.15) is 0 Å². The number of rotatable bonds is 3. The topological polar surface area (TPSA) is 90.2 Å². The van der Waals surface area contributed by atoms with Crippen molar-refractivity contribution in [2.24, 2.45) is 39.4 Å². The van der Waals surface area contributed by atoms with E-state index in [0.717, 1.165) is 44.9 Å². The van der Waals surface area contributed by atoms with Crippen LogP contribution in [0.5, 0.6) is 0 Å². The molecule has 0 amide bonds. The first-order valence-electron chi connectivity index (χ1n) is 14.1. The van der Waals surface area contributed by atoms with Crippen molar-refractivity contribution in [2.75, 3.05) is 6.61 Å². The van der Waals surface area contributed by atoms with Gasteiger partial charge in [0.25, 0.3) is 0 Å². The lowest BCUT2D eigenvalue weighted by atomic mass is 9.36. The quantitative estimate of drug-likeness (QED) is 0.434. The van der Waals surface area contributed by atoms with E-state index in [1.54, 1.807) is 5.57 Å². The monoisotopic (exact) mass is 490 g/mol. The van der Waals surface area contributed by atoms with E-state index >= 15 is 0 Å². The Balaban J connectivity index is 1.50. The molecule has 0 aromatic heterocycles. The van der Waals surface area contributed by atoms with Crippen LogP contribution in [-0.4, -0.2) is 56.5 Å². The van der Waals surface area contributed by atoms with E-state index in [1.807, 2.05) is 20.8 Å². The van der Waals surface area contributed by atoms with Gasteiger partial charge in [0, 0.05) is 11.3 Å². The smallest absolute Gasteiger partial charge is 0.0877 e. The van der Waals surface area contributed by atoms with Crippen LogP contribution in [0.1, 0.15) is 99.8 Å². The van der Waals surface area contributed by atoms with Crippen LogP contribution in [0.3, 0.4) is 0 Å². The Kier molecular flexibility index (Phi) is 5.82. The van der Waals surface area contributed by atoms with E-state index in [1.165, 1.54) is 0 Å². The van der Waals surface area contributed by atoms with Crippen LogP contribution in [0.25, 0.3) is 0 Å². The highest BCUT2D eigenvalue weighted by Gasteiger charge is 2.69. The second-order valence-electron chi connectivity index (χ2n) is 14.9. The summed E-state index contributed by atoms with van der Waals surface area (Å²) in [4.78, 5) is 0. The molecule has 11 atom stereocenters. The molecule has 0 aromatic carbocycles. The van der Waals surface area contributed by atoms with Gasteiger partial charge in [0.2, 0.25) is 0 Å². The maximum Gasteiger partial charge on any atom is 0.0877 e. The van der Waals surface area contributed by atoms with Gasteiger partial charge >= 0.3 is 0 Å². The molecule has 35 heavy (non-hydrogen) atoms. The van der Waals surface area contributed by atoms with E-state index in [4.69, 9.17) is 4.74 Å². The Bertz CT molecular complexity index is 894. The lowest BCUT2D eigenvalue weighted by Crippen LogP contribution is -2.66. The molecule has 4 fully saturated rings. The average molecular weight is 491 g/mol. The van der Waals surface area contributed by atoms with Crippen molar-refractivity contribution >= 4 is 0 Å². The number of hydrogen-bond acceptors (Lipinski definition) is 5. The molecule has 5 nitrogen and oxygen atoms in total. The van der Waals surface area contributed by atoms with Crippen molar-refractivity contribution in [1.29, 1.82) is 0 Å². The summed E-state index contributed by atoms with van der Waals surface area (Å²) in [6, 6.07) is 0. The normalized spacial score (nSPS) is 56.3. The van der Waals surface area contributed by atoms with Gasteiger partial charge in [-0.2, -0.15) is 0 Å². The van der Waals surface area contributed by atoms with E-state index in [0.29, 0.717) is 18.3 Å². The van der Waals surface area contributed by atoms with Crippen molar-refractivity contribution in [3.8, 4) is 0 Å². The molecular weight excluding hydrogens is 440 g/mol. The van der Waals surface area contributed by atoms with Gasteiger partial charge in [0.05, 0.1) is 36.1 Å². The highest BCUT2D eigenvalue weighted by molar-refractivity contribution is 5.34. The molecule has 4 aliphatic carbocycles. The summed E-state index contributed by atoms with van der Waals surface area (Å²) in [6.45, 7) is 15.2. The lowest BCUT2D eigenvalue weighted by molar-refractivity contribution is -0.238. The first kappa shape index (κ1) is 26.2. The van der Waals surface area contributed by atoms with E-state index in [-0.39, 0.29) is 40.5 Å². The minimum absolute atomic E-state index is 0.0738. The van der Waals surface area contributed by atoms with E-state index in [9.17, 15) is 20.4 Å². The molecule has 1 saturated heterocycles. The van der Waals surface area contributed by atoms with Gasteiger partial charge in [-0.15, -0.1) is 0 Å². The molecule has 4 N–H and O–H groups in total. The van der Waals surface area contributed by atoms with Crippen molar-refractivity contribution in [1.82, 2.24) is 0 Å². The van der Waals surface area contributed by atoms with Gasteiger partial charge in [-0.25, -0.2) is 0 Å². The summed E-state index contributed by atoms with van der Waals surface area (Å²) >= 11 is 0. The summed E-state index contributed by atoms with van der Waals surface area (Å²) in [5, 5.41) is 42.9.